The summed E-state index contributed by atoms with van der Waals surface area (Å²) in [6.45, 7) is 9.06. The SMILES string of the molecule is CCN(CC(=O)NC(=O)NC(C)(C)C)Cc1ccc(Cl)s1. The summed E-state index contributed by atoms with van der Waals surface area (Å²) < 4.78 is 0.732. The first-order chi connectivity index (χ1) is 9.69. The zero-order valence-corrected chi connectivity index (χ0v) is 14.4. The summed E-state index contributed by atoms with van der Waals surface area (Å²) in [7, 11) is 0. The molecule has 1 heterocycles. The molecule has 1 rings (SSSR count). The van der Waals surface area contributed by atoms with Crippen LogP contribution in [-0.2, 0) is 11.3 Å². The van der Waals surface area contributed by atoms with Gasteiger partial charge in [-0.25, -0.2) is 4.79 Å². The van der Waals surface area contributed by atoms with Gasteiger partial charge in [-0.1, -0.05) is 18.5 Å². The standard InChI is InChI=1S/C14H22ClN3O2S/c1-5-18(8-10-6-7-11(15)21-10)9-12(19)16-13(20)17-14(2,3)4/h6-7H,5,8-9H2,1-4H3,(H2,16,17,19,20). The molecule has 0 unspecified atom stereocenters. The van der Waals surface area contributed by atoms with E-state index in [0.29, 0.717) is 13.1 Å². The maximum Gasteiger partial charge on any atom is 0.321 e. The van der Waals surface area contributed by atoms with Crippen LogP contribution in [0.4, 0.5) is 4.79 Å². The van der Waals surface area contributed by atoms with E-state index in [-0.39, 0.29) is 18.0 Å². The van der Waals surface area contributed by atoms with Crippen LogP contribution in [0.5, 0.6) is 0 Å². The molecule has 118 valence electrons. The van der Waals surface area contributed by atoms with Gasteiger partial charge in [-0.05, 0) is 39.4 Å². The lowest BCUT2D eigenvalue weighted by molar-refractivity contribution is -0.121. The van der Waals surface area contributed by atoms with Gasteiger partial charge in [-0.3, -0.25) is 15.0 Å². The molecule has 7 heteroatoms. The van der Waals surface area contributed by atoms with Gasteiger partial charge in [-0.2, -0.15) is 0 Å². The van der Waals surface area contributed by atoms with Gasteiger partial charge in [0.05, 0.1) is 10.9 Å². The Morgan fingerprint density at radius 2 is 2.00 bits per heavy atom. The Kier molecular flexibility index (Phi) is 6.64. The third-order valence-electron chi connectivity index (χ3n) is 2.56. The molecule has 0 aliphatic rings. The minimum atomic E-state index is -0.470. The molecule has 0 spiro atoms. The second-order valence-corrected chi connectivity index (χ2v) is 7.56. The van der Waals surface area contributed by atoms with Crippen molar-refractivity contribution >= 4 is 34.9 Å². The van der Waals surface area contributed by atoms with Crippen LogP contribution in [0.1, 0.15) is 32.6 Å². The molecule has 0 bridgehead atoms. The van der Waals surface area contributed by atoms with Gasteiger partial charge in [-0.15, -0.1) is 11.3 Å². The molecular weight excluding hydrogens is 310 g/mol. The maximum atomic E-state index is 11.9. The second-order valence-electron chi connectivity index (χ2n) is 5.76. The first-order valence-corrected chi connectivity index (χ1v) is 7.97. The highest BCUT2D eigenvalue weighted by Crippen LogP contribution is 2.22. The van der Waals surface area contributed by atoms with E-state index in [4.69, 9.17) is 11.6 Å². The van der Waals surface area contributed by atoms with Crippen LogP contribution in [0.25, 0.3) is 0 Å². The smallest absolute Gasteiger partial charge is 0.321 e. The lowest BCUT2D eigenvalue weighted by Crippen LogP contribution is -2.50. The van der Waals surface area contributed by atoms with Crippen LogP contribution in [0.2, 0.25) is 4.34 Å². The maximum absolute atomic E-state index is 11.9. The molecule has 0 aliphatic heterocycles. The van der Waals surface area contributed by atoms with E-state index in [1.165, 1.54) is 11.3 Å². The molecule has 1 aromatic heterocycles. The minimum absolute atomic E-state index is 0.170. The molecule has 0 aromatic carbocycles. The zero-order valence-electron chi connectivity index (χ0n) is 12.8. The summed E-state index contributed by atoms with van der Waals surface area (Å²) in [5, 5.41) is 5.03. The van der Waals surface area contributed by atoms with Gasteiger partial charge in [0.15, 0.2) is 0 Å². The number of carbonyl (C=O) groups is 2. The average molecular weight is 332 g/mol. The summed E-state index contributed by atoms with van der Waals surface area (Å²) in [4.78, 5) is 26.5. The average Bonchev–Trinajstić information content (AvgIpc) is 2.71. The van der Waals surface area contributed by atoms with E-state index < -0.39 is 6.03 Å². The number of likely N-dealkylation sites (N-methyl/N-ethyl adjacent to an activating group) is 1. The van der Waals surface area contributed by atoms with Gasteiger partial charge in [0, 0.05) is 17.0 Å². The Labute approximate surface area is 134 Å². The van der Waals surface area contributed by atoms with Crippen LogP contribution in [0.15, 0.2) is 12.1 Å². The lowest BCUT2D eigenvalue weighted by atomic mass is 10.1. The lowest BCUT2D eigenvalue weighted by Gasteiger charge is -2.22. The molecule has 0 atom stereocenters. The Balaban J connectivity index is 2.45. The van der Waals surface area contributed by atoms with Crippen molar-refractivity contribution in [2.45, 2.75) is 39.8 Å². The van der Waals surface area contributed by atoms with Crippen LogP contribution < -0.4 is 10.6 Å². The molecule has 5 nitrogen and oxygen atoms in total. The number of urea groups is 1. The Bertz CT molecular complexity index is 497. The number of hydrogen-bond acceptors (Lipinski definition) is 4. The molecule has 0 radical (unpaired) electrons. The molecule has 0 aliphatic carbocycles. The number of thiophene rings is 1. The van der Waals surface area contributed by atoms with E-state index in [0.717, 1.165) is 9.21 Å². The first kappa shape index (κ1) is 17.9. The number of hydrogen-bond donors (Lipinski definition) is 2. The quantitative estimate of drug-likeness (QED) is 0.872. The van der Waals surface area contributed by atoms with Gasteiger partial charge in [0.2, 0.25) is 5.91 Å². The predicted molar refractivity (Wildman–Crippen MR) is 86.7 cm³/mol. The van der Waals surface area contributed by atoms with E-state index in [1.807, 2.05) is 44.7 Å². The number of rotatable bonds is 5. The van der Waals surface area contributed by atoms with Crippen molar-refractivity contribution in [3.8, 4) is 0 Å². The fourth-order valence-electron chi connectivity index (χ4n) is 1.68. The van der Waals surface area contributed by atoms with Crippen molar-refractivity contribution in [3.05, 3.63) is 21.3 Å². The first-order valence-electron chi connectivity index (χ1n) is 6.78. The van der Waals surface area contributed by atoms with E-state index in [2.05, 4.69) is 10.6 Å². The number of imide groups is 1. The third-order valence-corrected chi connectivity index (χ3v) is 3.78. The Morgan fingerprint density at radius 1 is 1.33 bits per heavy atom. The number of nitrogens with zero attached hydrogens (tertiary/aromatic N) is 1. The molecular formula is C14H22ClN3O2S. The van der Waals surface area contributed by atoms with Gasteiger partial charge in [0.25, 0.3) is 0 Å². The number of carbonyl (C=O) groups excluding carboxylic acids is 2. The van der Waals surface area contributed by atoms with Crippen molar-refractivity contribution in [2.24, 2.45) is 0 Å². The highest BCUT2D eigenvalue weighted by Gasteiger charge is 2.17. The number of halogens is 1. The topological polar surface area (TPSA) is 61.4 Å². The van der Waals surface area contributed by atoms with Crippen molar-refractivity contribution in [1.82, 2.24) is 15.5 Å². The molecule has 2 N–H and O–H groups in total. The van der Waals surface area contributed by atoms with Crippen LogP contribution >= 0.6 is 22.9 Å². The van der Waals surface area contributed by atoms with Gasteiger partial charge < -0.3 is 5.32 Å². The molecule has 0 saturated carbocycles. The summed E-state index contributed by atoms with van der Waals surface area (Å²) in [5.74, 6) is -0.318. The van der Waals surface area contributed by atoms with Crippen LogP contribution in [-0.4, -0.2) is 35.5 Å². The number of amides is 3. The third kappa shape index (κ3) is 7.45. The summed E-state index contributed by atoms with van der Waals surface area (Å²) in [6.07, 6.45) is 0. The number of nitrogens with one attached hydrogen (secondary N) is 2. The molecule has 0 fully saturated rings. The van der Waals surface area contributed by atoms with Crippen LogP contribution in [0, 0.1) is 0 Å². The summed E-state index contributed by atoms with van der Waals surface area (Å²) in [5.41, 5.74) is -0.372. The molecule has 21 heavy (non-hydrogen) atoms. The van der Waals surface area contributed by atoms with Crippen LogP contribution in [0.3, 0.4) is 0 Å². The minimum Gasteiger partial charge on any atom is -0.333 e. The molecule has 0 saturated heterocycles. The van der Waals surface area contributed by atoms with E-state index in [9.17, 15) is 9.59 Å². The van der Waals surface area contributed by atoms with Gasteiger partial charge >= 0.3 is 6.03 Å². The summed E-state index contributed by atoms with van der Waals surface area (Å²) in [6, 6.07) is 3.31. The normalized spacial score (nSPS) is 11.5. The fourth-order valence-corrected chi connectivity index (χ4v) is 2.81. The molecule has 1 aromatic rings. The van der Waals surface area contributed by atoms with Crippen molar-refractivity contribution in [1.29, 1.82) is 0 Å². The van der Waals surface area contributed by atoms with Crippen molar-refractivity contribution in [2.75, 3.05) is 13.1 Å². The van der Waals surface area contributed by atoms with Crippen molar-refractivity contribution in [3.63, 3.8) is 0 Å². The highest BCUT2D eigenvalue weighted by molar-refractivity contribution is 7.16. The Hall–Kier alpha value is -1.11. The summed E-state index contributed by atoms with van der Waals surface area (Å²) >= 11 is 7.38. The fraction of sp³-hybridized carbons (Fsp3) is 0.571. The van der Waals surface area contributed by atoms with E-state index in [1.54, 1.807) is 0 Å². The van der Waals surface area contributed by atoms with Crippen molar-refractivity contribution < 1.29 is 9.59 Å². The van der Waals surface area contributed by atoms with E-state index >= 15 is 0 Å². The van der Waals surface area contributed by atoms with Gasteiger partial charge in [0.1, 0.15) is 0 Å². The largest absolute Gasteiger partial charge is 0.333 e. The second kappa shape index (κ2) is 7.77. The predicted octanol–water partition coefficient (Wildman–Crippen LogP) is 2.85. The Morgan fingerprint density at radius 3 is 2.48 bits per heavy atom. The zero-order chi connectivity index (χ0) is 16.0. The highest BCUT2D eigenvalue weighted by atomic mass is 35.5. The molecule has 3 amide bonds. The monoisotopic (exact) mass is 331 g/mol.